The molecule has 2 aliphatic rings. The van der Waals surface area contributed by atoms with E-state index in [2.05, 4.69) is 21.3 Å². The lowest BCUT2D eigenvalue weighted by Crippen LogP contribution is -2.40. The maximum Gasteiger partial charge on any atom is 0.269 e. The number of Topliss-reactive ketones (excluding diaryl/α,β-unsaturated/α-hetero) is 1. The average molecular weight is 453 g/mol. The maximum atomic E-state index is 13.7. The Morgan fingerprint density at radius 2 is 1.91 bits per heavy atom. The number of aromatic amines is 1. The Kier molecular flexibility index (Phi) is 5.14. The highest BCUT2D eigenvalue weighted by Gasteiger charge is 2.43. The van der Waals surface area contributed by atoms with E-state index in [0.717, 1.165) is 5.56 Å². The standard InChI is InChI=1S/C24H19N7O3/c25-12-18-21(15-7-4-8-17(9-15)31(33)34)22-19(30(23(18)26)24-27-13-28-29-24)10-16(11-20(22)32)14-5-2-1-3-6-14/h1-9,13,16,21H,10-11,26H2,(H,27,28,29)/t16-,21+/m1/s1. The van der Waals surface area contributed by atoms with Gasteiger partial charge in [-0.2, -0.15) is 15.3 Å². The number of hydrogen-bond donors (Lipinski definition) is 2. The van der Waals surface area contributed by atoms with Crippen LogP contribution in [0.4, 0.5) is 11.6 Å². The third kappa shape index (κ3) is 3.40. The predicted octanol–water partition coefficient (Wildman–Crippen LogP) is 3.41. The molecule has 0 amide bonds. The number of nitrogens with one attached hydrogen (secondary N) is 1. The minimum absolute atomic E-state index is 0.0972. The Hall–Kier alpha value is -4.78. The fourth-order valence-electron chi connectivity index (χ4n) is 4.79. The Balaban J connectivity index is 1.72. The molecule has 0 spiro atoms. The van der Waals surface area contributed by atoms with Gasteiger partial charge in [-0.15, -0.1) is 0 Å². The molecule has 2 aromatic carbocycles. The summed E-state index contributed by atoms with van der Waals surface area (Å²) in [6.07, 6.45) is 2.04. The highest BCUT2D eigenvalue weighted by atomic mass is 16.6. The molecule has 10 nitrogen and oxygen atoms in total. The van der Waals surface area contributed by atoms with Gasteiger partial charge in [-0.25, -0.2) is 5.10 Å². The lowest BCUT2D eigenvalue weighted by Gasteiger charge is -2.40. The van der Waals surface area contributed by atoms with Crippen LogP contribution in [-0.4, -0.2) is 25.9 Å². The molecule has 0 saturated heterocycles. The molecule has 1 aromatic heterocycles. The van der Waals surface area contributed by atoms with E-state index in [1.54, 1.807) is 17.0 Å². The summed E-state index contributed by atoms with van der Waals surface area (Å²) in [6.45, 7) is 0. The van der Waals surface area contributed by atoms with Gasteiger partial charge < -0.3 is 5.73 Å². The SMILES string of the molecule is N#CC1=C(N)N(c2ncn[nH]2)C2=C(C(=O)C[C@H](c3ccccc3)C2)[C@H]1c1cccc([N+](=O)[O-])c1. The number of nitro groups is 1. The first-order chi connectivity index (χ1) is 16.5. The van der Waals surface area contributed by atoms with Gasteiger partial charge >= 0.3 is 0 Å². The summed E-state index contributed by atoms with van der Waals surface area (Å²) in [5.74, 6) is -0.660. The van der Waals surface area contributed by atoms with E-state index in [0.29, 0.717) is 23.3 Å². The molecule has 0 fully saturated rings. The van der Waals surface area contributed by atoms with E-state index in [1.807, 2.05) is 30.3 Å². The molecule has 5 rings (SSSR count). The quantitative estimate of drug-likeness (QED) is 0.450. The van der Waals surface area contributed by atoms with Crippen LogP contribution in [0, 0.1) is 21.4 Å². The largest absolute Gasteiger partial charge is 0.384 e. The van der Waals surface area contributed by atoms with Crippen molar-refractivity contribution < 1.29 is 9.72 Å². The van der Waals surface area contributed by atoms with Crippen molar-refractivity contribution in [3.63, 3.8) is 0 Å². The van der Waals surface area contributed by atoms with Crippen LogP contribution in [0.25, 0.3) is 0 Å². The summed E-state index contributed by atoms with van der Waals surface area (Å²) in [7, 11) is 0. The predicted molar refractivity (Wildman–Crippen MR) is 122 cm³/mol. The van der Waals surface area contributed by atoms with Crippen LogP contribution in [0.15, 0.2) is 83.6 Å². The molecule has 0 radical (unpaired) electrons. The number of carbonyl (C=O) groups excluding carboxylic acids is 1. The van der Waals surface area contributed by atoms with Crippen molar-refractivity contribution in [2.45, 2.75) is 24.7 Å². The summed E-state index contributed by atoms with van der Waals surface area (Å²) in [4.78, 5) is 30.3. The number of ketones is 1. The number of benzene rings is 2. The molecule has 0 saturated carbocycles. The molecule has 1 aliphatic carbocycles. The number of rotatable bonds is 4. The van der Waals surface area contributed by atoms with Crippen molar-refractivity contribution in [3.05, 3.63) is 105 Å². The zero-order valence-corrected chi connectivity index (χ0v) is 17.9. The number of non-ortho nitro benzene ring substituents is 1. The minimum atomic E-state index is -0.816. The Morgan fingerprint density at radius 1 is 1.15 bits per heavy atom. The van der Waals surface area contributed by atoms with Crippen LogP contribution in [0.1, 0.15) is 35.8 Å². The van der Waals surface area contributed by atoms with Crippen LogP contribution in [0.3, 0.4) is 0 Å². The Bertz CT molecular complexity index is 1390. The molecule has 0 bridgehead atoms. The fourth-order valence-corrected chi connectivity index (χ4v) is 4.79. The number of nitrogens with zero attached hydrogens (tertiary/aromatic N) is 5. The molecule has 168 valence electrons. The van der Waals surface area contributed by atoms with E-state index >= 15 is 0 Å². The van der Waals surface area contributed by atoms with Crippen molar-refractivity contribution in [1.82, 2.24) is 15.2 Å². The summed E-state index contributed by atoms with van der Waals surface area (Å²) in [5.41, 5.74) is 8.99. The van der Waals surface area contributed by atoms with Crippen LogP contribution >= 0.6 is 0 Å². The summed E-state index contributed by atoms with van der Waals surface area (Å²) in [6, 6.07) is 17.8. The molecule has 2 heterocycles. The number of allylic oxidation sites excluding steroid dienone is 3. The monoisotopic (exact) mass is 453 g/mol. The molecule has 1 aliphatic heterocycles. The number of H-pyrrole nitrogens is 1. The average Bonchev–Trinajstić information content (AvgIpc) is 3.38. The van der Waals surface area contributed by atoms with Gasteiger partial charge in [-0.1, -0.05) is 42.5 Å². The number of carbonyl (C=O) groups is 1. The van der Waals surface area contributed by atoms with Crippen LogP contribution in [-0.2, 0) is 4.79 Å². The second kappa shape index (κ2) is 8.29. The molecule has 34 heavy (non-hydrogen) atoms. The van der Waals surface area contributed by atoms with Gasteiger partial charge in [-0.05, 0) is 23.5 Å². The summed E-state index contributed by atoms with van der Waals surface area (Å²) in [5, 5.41) is 28.1. The van der Waals surface area contributed by atoms with Gasteiger partial charge in [-0.3, -0.25) is 19.8 Å². The highest BCUT2D eigenvalue weighted by molar-refractivity contribution is 6.01. The highest BCUT2D eigenvalue weighted by Crippen LogP contribution is 2.48. The molecular formula is C24H19N7O3. The fraction of sp³-hybridized carbons (Fsp3) is 0.167. The van der Waals surface area contributed by atoms with Gasteiger partial charge in [0.05, 0.1) is 22.5 Å². The van der Waals surface area contributed by atoms with E-state index in [-0.39, 0.29) is 41.2 Å². The maximum absolute atomic E-state index is 13.7. The summed E-state index contributed by atoms with van der Waals surface area (Å²) >= 11 is 0. The molecule has 3 aromatic rings. The topological polar surface area (TPSA) is 155 Å². The zero-order valence-electron chi connectivity index (χ0n) is 17.9. The molecule has 2 atom stereocenters. The van der Waals surface area contributed by atoms with Crippen LogP contribution in [0.2, 0.25) is 0 Å². The molecule has 3 N–H and O–H groups in total. The first-order valence-corrected chi connectivity index (χ1v) is 10.6. The minimum Gasteiger partial charge on any atom is -0.384 e. The van der Waals surface area contributed by atoms with Gasteiger partial charge in [0.2, 0.25) is 5.95 Å². The number of aromatic nitrogens is 3. The Morgan fingerprint density at radius 3 is 2.59 bits per heavy atom. The first-order valence-electron chi connectivity index (χ1n) is 10.6. The summed E-state index contributed by atoms with van der Waals surface area (Å²) < 4.78 is 0. The lowest BCUT2D eigenvalue weighted by atomic mass is 9.72. The van der Waals surface area contributed by atoms with E-state index < -0.39 is 10.8 Å². The van der Waals surface area contributed by atoms with Crippen molar-refractivity contribution >= 4 is 17.4 Å². The molecule has 0 unspecified atom stereocenters. The zero-order chi connectivity index (χ0) is 23.8. The molecule has 10 heteroatoms. The van der Waals surface area contributed by atoms with E-state index in [9.17, 15) is 20.2 Å². The third-order valence-electron chi connectivity index (χ3n) is 6.27. The van der Waals surface area contributed by atoms with Gasteiger partial charge in [0.15, 0.2) is 5.78 Å². The number of anilines is 1. The number of nitro benzene ring substituents is 1. The third-order valence-corrected chi connectivity index (χ3v) is 6.27. The van der Waals surface area contributed by atoms with Crippen molar-refractivity contribution in [1.29, 1.82) is 5.26 Å². The second-order valence-electron chi connectivity index (χ2n) is 8.14. The van der Waals surface area contributed by atoms with E-state index in [4.69, 9.17) is 5.73 Å². The van der Waals surface area contributed by atoms with Crippen molar-refractivity contribution in [3.8, 4) is 6.07 Å². The van der Waals surface area contributed by atoms with Crippen molar-refractivity contribution in [2.75, 3.05) is 4.90 Å². The number of nitriles is 1. The van der Waals surface area contributed by atoms with Gasteiger partial charge in [0, 0.05) is 29.8 Å². The smallest absolute Gasteiger partial charge is 0.269 e. The van der Waals surface area contributed by atoms with Crippen LogP contribution < -0.4 is 10.6 Å². The number of nitrogens with two attached hydrogens (primary N) is 1. The second-order valence-corrected chi connectivity index (χ2v) is 8.14. The van der Waals surface area contributed by atoms with Crippen molar-refractivity contribution in [2.24, 2.45) is 5.73 Å². The van der Waals surface area contributed by atoms with Gasteiger partial charge in [0.25, 0.3) is 5.69 Å². The van der Waals surface area contributed by atoms with E-state index in [1.165, 1.54) is 18.5 Å². The van der Waals surface area contributed by atoms with Crippen LogP contribution in [0.5, 0.6) is 0 Å². The van der Waals surface area contributed by atoms with Gasteiger partial charge in [0.1, 0.15) is 12.1 Å². The Labute approximate surface area is 194 Å². The normalized spacial score (nSPS) is 20.2. The molecular weight excluding hydrogens is 434 g/mol. The lowest BCUT2D eigenvalue weighted by molar-refractivity contribution is -0.384. The number of hydrogen-bond acceptors (Lipinski definition) is 8. The first kappa shape index (κ1) is 21.1.